The molecule has 1 heterocycles. The van der Waals surface area contributed by atoms with E-state index < -0.39 is 0 Å². The van der Waals surface area contributed by atoms with Gasteiger partial charge in [0.2, 0.25) is 5.91 Å². The van der Waals surface area contributed by atoms with Gasteiger partial charge in [0.25, 0.3) is 0 Å². The van der Waals surface area contributed by atoms with Gasteiger partial charge in [0.15, 0.2) is 0 Å². The summed E-state index contributed by atoms with van der Waals surface area (Å²) >= 11 is 0. The Balaban J connectivity index is 2.01. The number of nitrogens with zero attached hydrogens (tertiary/aromatic N) is 1. The summed E-state index contributed by atoms with van der Waals surface area (Å²) in [6.07, 6.45) is 6.56. The van der Waals surface area contributed by atoms with E-state index in [1.807, 2.05) is 0 Å². The van der Waals surface area contributed by atoms with E-state index in [1.54, 1.807) is 0 Å². The Morgan fingerprint density at radius 1 is 1.24 bits per heavy atom. The van der Waals surface area contributed by atoms with Crippen molar-refractivity contribution < 1.29 is 4.79 Å². The van der Waals surface area contributed by atoms with Crippen LogP contribution in [0.5, 0.6) is 0 Å². The fourth-order valence-corrected chi connectivity index (χ4v) is 3.40. The van der Waals surface area contributed by atoms with Crippen molar-refractivity contribution in [3.05, 3.63) is 0 Å². The minimum Gasteiger partial charge on any atom is -0.339 e. The van der Waals surface area contributed by atoms with E-state index in [0.29, 0.717) is 17.9 Å². The Hall–Kier alpha value is -0.570. The number of rotatable bonds is 2. The second-order valence-corrected chi connectivity index (χ2v) is 6.11. The predicted octanol–water partition coefficient (Wildman–Crippen LogP) is 2.15. The smallest absolute Gasteiger partial charge is 0.225 e. The largest absolute Gasteiger partial charge is 0.339 e. The van der Waals surface area contributed by atoms with Gasteiger partial charge in [0.1, 0.15) is 0 Å². The van der Waals surface area contributed by atoms with Gasteiger partial charge >= 0.3 is 0 Å². The maximum absolute atomic E-state index is 12.5. The molecule has 2 aliphatic rings. The van der Waals surface area contributed by atoms with Crippen molar-refractivity contribution in [2.45, 2.75) is 64.5 Å². The number of amides is 1. The van der Waals surface area contributed by atoms with Crippen LogP contribution in [0.2, 0.25) is 0 Å². The zero-order valence-corrected chi connectivity index (χ0v) is 11.2. The van der Waals surface area contributed by atoms with Crippen molar-refractivity contribution in [2.75, 3.05) is 6.54 Å². The van der Waals surface area contributed by atoms with E-state index >= 15 is 0 Å². The monoisotopic (exact) mass is 238 g/mol. The Bertz CT molecular complexity index is 277. The molecule has 1 aliphatic heterocycles. The molecule has 1 aliphatic carbocycles. The van der Waals surface area contributed by atoms with Gasteiger partial charge in [-0.2, -0.15) is 0 Å². The number of hydrogen-bond donors (Lipinski definition) is 1. The standard InChI is InChI=1S/C14H26N2O/c1-10(2)13-5-3-4-8-16(13)14(17)11-6-7-12(15)9-11/h10-13H,3-9,15H2,1-2H3. The fourth-order valence-electron chi connectivity index (χ4n) is 3.40. The summed E-state index contributed by atoms with van der Waals surface area (Å²) in [5, 5.41) is 0. The Morgan fingerprint density at radius 2 is 2.00 bits per heavy atom. The second kappa shape index (κ2) is 5.38. The van der Waals surface area contributed by atoms with Gasteiger partial charge in [-0.3, -0.25) is 4.79 Å². The third kappa shape index (κ3) is 2.82. The SMILES string of the molecule is CC(C)C1CCCCN1C(=O)C1CCC(N)C1. The van der Waals surface area contributed by atoms with Crippen LogP contribution in [0, 0.1) is 11.8 Å². The molecule has 0 radical (unpaired) electrons. The van der Waals surface area contributed by atoms with Crippen molar-refractivity contribution >= 4 is 5.91 Å². The molecule has 2 fully saturated rings. The molecule has 3 atom stereocenters. The first kappa shape index (κ1) is 12.9. The highest BCUT2D eigenvalue weighted by atomic mass is 16.2. The molecular formula is C14H26N2O. The van der Waals surface area contributed by atoms with Crippen molar-refractivity contribution in [2.24, 2.45) is 17.6 Å². The van der Waals surface area contributed by atoms with Crippen LogP contribution in [0.15, 0.2) is 0 Å². The number of carbonyl (C=O) groups is 1. The lowest BCUT2D eigenvalue weighted by Gasteiger charge is -2.39. The van der Waals surface area contributed by atoms with E-state index in [-0.39, 0.29) is 12.0 Å². The van der Waals surface area contributed by atoms with Crippen LogP contribution in [0.4, 0.5) is 0 Å². The molecule has 0 aromatic rings. The minimum absolute atomic E-state index is 0.212. The summed E-state index contributed by atoms with van der Waals surface area (Å²) in [7, 11) is 0. The lowest BCUT2D eigenvalue weighted by Crippen LogP contribution is -2.48. The first-order chi connectivity index (χ1) is 8.09. The van der Waals surface area contributed by atoms with E-state index in [9.17, 15) is 4.79 Å². The Kier molecular flexibility index (Phi) is 4.08. The summed E-state index contributed by atoms with van der Waals surface area (Å²) in [5.74, 6) is 1.18. The van der Waals surface area contributed by atoms with Crippen LogP contribution < -0.4 is 5.73 Å². The molecule has 3 heteroatoms. The molecule has 1 amide bonds. The molecule has 1 saturated carbocycles. The summed E-state index contributed by atoms with van der Waals surface area (Å²) in [4.78, 5) is 14.7. The molecular weight excluding hydrogens is 212 g/mol. The minimum atomic E-state index is 0.212. The summed E-state index contributed by atoms with van der Waals surface area (Å²) in [6.45, 7) is 5.43. The van der Waals surface area contributed by atoms with Crippen LogP contribution in [0.25, 0.3) is 0 Å². The molecule has 0 aromatic carbocycles. The van der Waals surface area contributed by atoms with Crippen LogP contribution in [0.3, 0.4) is 0 Å². The number of piperidine rings is 1. The van der Waals surface area contributed by atoms with E-state index in [2.05, 4.69) is 18.7 Å². The number of carbonyl (C=O) groups excluding carboxylic acids is 1. The summed E-state index contributed by atoms with van der Waals surface area (Å²) in [6, 6.07) is 0.722. The number of nitrogens with two attached hydrogens (primary N) is 1. The lowest BCUT2D eigenvalue weighted by atomic mass is 9.91. The molecule has 2 rings (SSSR count). The Morgan fingerprint density at radius 3 is 2.59 bits per heavy atom. The molecule has 2 N–H and O–H groups in total. The number of hydrogen-bond acceptors (Lipinski definition) is 2. The highest BCUT2D eigenvalue weighted by Crippen LogP contribution is 2.30. The average molecular weight is 238 g/mol. The summed E-state index contributed by atoms with van der Waals surface area (Å²) in [5.41, 5.74) is 5.92. The molecule has 0 bridgehead atoms. The quantitative estimate of drug-likeness (QED) is 0.801. The van der Waals surface area contributed by atoms with Crippen molar-refractivity contribution in [1.82, 2.24) is 4.90 Å². The fraction of sp³-hybridized carbons (Fsp3) is 0.929. The molecule has 98 valence electrons. The second-order valence-electron chi connectivity index (χ2n) is 6.11. The molecule has 3 nitrogen and oxygen atoms in total. The maximum atomic E-state index is 12.5. The highest BCUT2D eigenvalue weighted by Gasteiger charge is 2.35. The summed E-state index contributed by atoms with van der Waals surface area (Å²) < 4.78 is 0. The van der Waals surface area contributed by atoms with Gasteiger partial charge < -0.3 is 10.6 Å². The van der Waals surface area contributed by atoms with Gasteiger partial charge in [-0.25, -0.2) is 0 Å². The third-order valence-electron chi connectivity index (χ3n) is 4.42. The molecule has 3 unspecified atom stereocenters. The van der Waals surface area contributed by atoms with E-state index in [0.717, 1.165) is 25.8 Å². The van der Waals surface area contributed by atoms with Crippen molar-refractivity contribution in [3.63, 3.8) is 0 Å². The molecule has 0 spiro atoms. The van der Waals surface area contributed by atoms with E-state index in [1.165, 1.54) is 19.3 Å². The molecule has 17 heavy (non-hydrogen) atoms. The average Bonchev–Trinajstić information content (AvgIpc) is 2.75. The van der Waals surface area contributed by atoms with E-state index in [4.69, 9.17) is 5.73 Å². The van der Waals surface area contributed by atoms with Gasteiger partial charge in [-0.15, -0.1) is 0 Å². The van der Waals surface area contributed by atoms with Crippen LogP contribution in [0.1, 0.15) is 52.4 Å². The highest BCUT2D eigenvalue weighted by molar-refractivity contribution is 5.79. The Labute approximate surface area is 105 Å². The number of likely N-dealkylation sites (tertiary alicyclic amines) is 1. The first-order valence-corrected chi connectivity index (χ1v) is 7.15. The van der Waals surface area contributed by atoms with Crippen molar-refractivity contribution in [3.8, 4) is 0 Å². The molecule has 1 saturated heterocycles. The van der Waals surface area contributed by atoms with Gasteiger partial charge in [-0.1, -0.05) is 13.8 Å². The van der Waals surface area contributed by atoms with Gasteiger partial charge in [0.05, 0.1) is 0 Å². The van der Waals surface area contributed by atoms with Gasteiger partial charge in [-0.05, 0) is 44.4 Å². The van der Waals surface area contributed by atoms with Crippen LogP contribution in [-0.2, 0) is 4.79 Å². The van der Waals surface area contributed by atoms with Gasteiger partial charge in [0, 0.05) is 24.5 Å². The molecule has 0 aromatic heterocycles. The topological polar surface area (TPSA) is 46.3 Å². The maximum Gasteiger partial charge on any atom is 0.225 e. The van der Waals surface area contributed by atoms with Crippen molar-refractivity contribution in [1.29, 1.82) is 0 Å². The van der Waals surface area contributed by atoms with Crippen LogP contribution >= 0.6 is 0 Å². The zero-order valence-electron chi connectivity index (χ0n) is 11.2. The zero-order chi connectivity index (χ0) is 12.4. The van der Waals surface area contributed by atoms with Crippen LogP contribution in [-0.4, -0.2) is 29.4 Å². The lowest BCUT2D eigenvalue weighted by molar-refractivity contribution is -0.140. The normalized spacial score (nSPS) is 34.4. The predicted molar refractivity (Wildman–Crippen MR) is 69.5 cm³/mol. The first-order valence-electron chi connectivity index (χ1n) is 7.15. The third-order valence-corrected chi connectivity index (χ3v) is 4.42.